The van der Waals surface area contributed by atoms with E-state index in [2.05, 4.69) is 11.4 Å². The number of carbonyl (C=O) groups excluding carboxylic acids is 2. The van der Waals surface area contributed by atoms with Crippen LogP contribution in [0.15, 0.2) is 35.7 Å². The maximum absolute atomic E-state index is 13.5. The average molecular weight is 415 g/mol. The highest BCUT2D eigenvalue weighted by molar-refractivity contribution is 7.10. The number of nitrogens with zero attached hydrogens (tertiary/aromatic N) is 2. The number of fused-ring (bicyclic) bond motifs is 1. The van der Waals surface area contributed by atoms with Crippen molar-refractivity contribution in [2.45, 2.75) is 52.1 Å². The molecule has 0 saturated heterocycles. The molecule has 4 rings (SSSR count). The Bertz CT molecular complexity index is 912. The van der Waals surface area contributed by atoms with E-state index in [9.17, 15) is 14.0 Å². The summed E-state index contributed by atoms with van der Waals surface area (Å²) in [6.07, 6.45) is 2.74. The van der Waals surface area contributed by atoms with Gasteiger partial charge in [0.1, 0.15) is 12.4 Å². The minimum atomic E-state index is -0.512. The van der Waals surface area contributed by atoms with E-state index < -0.39 is 5.41 Å². The molecule has 2 heterocycles. The van der Waals surface area contributed by atoms with Gasteiger partial charge in [-0.3, -0.25) is 9.59 Å². The minimum Gasteiger partial charge on any atom is -0.330 e. The summed E-state index contributed by atoms with van der Waals surface area (Å²) in [5.41, 5.74) is 1.50. The van der Waals surface area contributed by atoms with Crippen molar-refractivity contribution in [2.75, 3.05) is 13.1 Å². The van der Waals surface area contributed by atoms with Crippen LogP contribution in [0.3, 0.4) is 0 Å². The Morgan fingerprint density at radius 2 is 1.86 bits per heavy atom. The van der Waals surface area contributed by atoms with Crippen molar-refractivity contribution in [3.63, 3.8) is 0 Å². The SMILES string of the molecule is CC(C)(C)C(=O)N(CC(=O)N1CCc2sccc2[C@H]1c1ccc(F)cc1)C1CC1. The Hall–Kier alpha value is -2.21. The van der Waals surface area contributed by atoms with Gasteiger partial charge < -0.3 is 9.80 Å². The van der Waals surface area contributed by atoms with Gasteiger partial charge >= 0.3 is 0 Å². The molecule has 6 heteroatoms. The zero-order chi connectivity index (χ0) is 20.8. The van der Waals surface area contributed by atoms with Gasteiger partial charge in [-0.15, -0.1) is 11.3 Å². The van der Waals surface area contributed by atoms with E-state index in [1.165, 1.54) is 17.0 Å². The van der Waals surface area contributed by atoms with Crippen molar-refractivity contribution in [2.24, 2.45) is 5.41 Å². The number of rotatable bonds is 4. The fraction of sp³-hybridized carbons (Fsp3) is 0.478. The lowest BCUT2D eigenvalue weighted by Gasteiger charge is -2.38. The van der Waals surface area contributed by atoms with Crippen molar-refractivity contribution >= 4 is 23.2 Å². The standard InChI is InChI=1S/C23H27FN2O2S/c1-23(2,3)22(28)26(17-8-9-17)14-20(27)25-12-10-19-18(11-13-29-19)21(25)15-4-6-16(24)7-5-15/h4-7,11,13,17,21H,8-10,12,14H2,1-3H3/t21-/m1/s1. The number of carbonyl (C=O) groups is 2. The summed E-state index contributed by atoms with van der Waals surface area (Å²) < 4.78 is 13.5. The molecule has 29 heavy (non-hydrogen) atoms. The predicted octanol–water partition coefficient (Wildman–Crippen LogP) is 4.40. The highest BCUT2D eigenvalue weighted by Crippen LogP contribution is 2.38. The summed E-state index contributed by atoms with van der Waals surface area (Å²) in [5, 5.41) is 2.05. The first-order chi connectivity index (χ1) is 13.8. The van der Waals surface area contributed by atoms with Gasteiger partial charge in [0.15, 0.2) is 0 Å². The molecule has 2 amide bonds. The summed E-state index contributed by atoms with van der Waals surface area (Å²) in [5.74, 6) is -0.302. The van der Waals surface area contributed by atoms with E-state index in [1.807, 2.05) is 25.7 Å². The normalized spacial score (nSPS) is 19.0. The van der Waals surface area contributed by atoms with Crippen LogP contribution in [0.2, 0.25) is 0 Å². The number of halogens is 1. The van der Waals surface area contributed by atoms with Gasteiger partial charge in [0, 0.05) is 22.9 Å². The fourth-order valence-electron chi connectivity index (χ4n) is 4.01. The van der Waals surface area contributed by atoms with E-state index >= 15 is 0 Å². The number of benzene rings is 1. The van der Waals surface area contributed by atoms with Crippen LogP contribution >= 0.6 is 11.3 Å². The molecule has 2 aliphatic rings. The molecule has 1 atom stereocenters. The molecule has 0 spiro atoms. The molecule has 0 radical (unpaired) electrons. The summed E-state index contributed by atoms with van der Waals surface area (Å²) in [6, 6.07) is 8.40. The van der Waals surface area contributed by atoms with E-state index in [-0.39, 0.29) is 36.3 Å². The molecule has 154 valence electrons. The maximum Gasteiger partial charge on any atom is 0.243 e. The Labute approximate surface area is 175 Å². The van der Waals surface area contributed by atoms with Gasteiger partial charge in [-0.05, 0) is 54.0 Å². The molecule has 1 fully saturated rings. The molecule has 1 aliphatic carbocycles. The van der Waals surface area contributed by atoms with Crippen LogP contribution in [0, 0.1) is 11.2 Å². The molecule has 0 unspecified atom stereocenters. The Morgan fingerprint density at radius 3 is 2.48 bits per heavy atom. The monoisotopic (exact) mass is 414 g/mol. The fourth-order valence-corrected chi connectivity index (χ4v) is 4.91. The van der Waals surface area contributed by atoms with Gasteiger partial charge in [-0.25, -0.2) is 4.39 Å². The van der Waals surface area contributed by atoms with Crippen LogP contribution in [0.1, 0.15) is 55.7 Å². The lowest BCUT2D eigenvalue weighted by molar-refractivity contribution is -0.147. The third-order valence-electron chi connectivity index (χ3n) is 5.67. The molecular weight excluding hydrogens is 387 g/mol. The van der Waals surface area contributed by atoms with Crippen LogP contribution in [0.5, 0.6) is 0 Å². The molecular formula is C23H27FN2O2S. The first kappa shape index (κ1) is 20.1. The second-order valence-corrected chi connectivity index (χ2v) is 10.0. The van der Waals surface area contributed by atoms with Crippen LogP contribution in [0.25, 0.3) is 0 Å². The van der Waals surface area contributed by atoms with E-state index in [1.54, 1.807) is 28.4 Å². The third kappa shape index (κ3) is 4.08. The molecule has 2 aromatic rings. The average Bonchev–Trinajstić information content (AvgIpc) is 3.40. The second-order valence-electron chi connectivity index (χ2n) is 9.00. The maximum atomic E-state index is 13.5. The molecule has 1 aromatic carbocycles. The first-order valence-corrected chi connectivity index (χ1v) is 11.1. The van der Waals surface area contributed by atoms with Gasteiger partial charge in [0.2, 0.25) is 11.8 Å². The predicted molar refractivity (Wildman–Crippen MR) is 112 cm³/mol. The van der Waals surface area contributed by atoms with Gasteiger partial charge in [-0.1, -0.05) is 32.9 Å². The molecule has 1 aromatic heterocycles. The Balaban J connectivity index is 1.62. The first-order valence-electron chi connectivity index (χ1n) is 10.2. The summed E-state index contributed by atoms with van der Waals surface area (Å²) >= 11 is 1.70. The highest BCUT2D eigenvalue weighted by Gasteiger charge is 2.40. The van der Waals surface area contributed by atoms with Gasteiger partial charge in [0.05, 0.1) is 6.04 Å². The minimum absolute atomic E-state index is 0.0277. The summed E-state index contributed by atoms with van der Waals surface area (Å²) in [7, 11) is 0. The lowest BCUT2D eigenvalue weighted by atomic mass is 9.92. The lowest BCUT2D eigenvalue weighted by Crippen LogP contribution is -2.49. The topological polar surface area (TPSA) is 40.6 Å². The highest BCUT2D eigenvalue weighted by atomic mass is 32.1. The number of hydrogen-bond acceptors (Lipinski definition) is 3. The number of amides is 2. The third-order valence-corrected chi connectivity index (χ3v) is 6.66. The van der Waals surface area contributed by atoms with Crippen LogP contribution in [0.4, 0.5) is 4.39 Å². The van der Waals surface area contributed by atoms with Crippen molar-refractivity contribution < 1.29 is 14.0 Å². The van der Waals surface area contributed by atoms with Crippen molar-refractivity contribution in [3.05, 3.63) is 57.5 Å². The van der Waals surface area contributed by atoms with Crippen molar-refractivity contribution in [3.8, 4) is 0 Å². The zero-order valence-corrected chi connectivity index (χ0v) is 18.0. The van der Waals surface area contributed by atoms with Gasteiger partial charge in [-0.2, -0.15) is 0 Å². The molecule has 1 aliphatic heterocycles. The molecule has 0 bridgehead atoms. The number of hydrogen-bond donors (Lipinski definition) is 0. The van der Waals surface area contributed by atoms with E-state index in [0.29, 0.717) is 6.54 Å². The summed E-state index contributed by atoms with van der Waals surface area (Å²) in [4.78, 5) is 31.3. The quantitative estimate of drug-likeness (QED) is 0.744. The summed E-state index contributed by atoms with van der Waals surface area (Å²) in [6.45, 7) is 6.41. The molecule has 0 N–H and O–H groups in total. The van der Waals surface area contributed by atoms with Crippen LogP contribution in [-0.4, -0.2) is 40.7 Å². The van der Waals surface area contributed by atoms with Crippen molar-refractivity contribution in [1.29, 1.82) is 0 Å². The van der Waals surface area contributed by atoms with E-state index in [4.69, 9.17) is 0 Å². The van der Waals surface area contributed by atoms with Crippen LogP contribution < -0.4 is 0 Å². The molecule has 1 saturated carbocycles. The molecule has 4 nitrogen and oxygen atoms in total. The number of thiophene rings is 1. The Kier molecular flexibility index (Phi) is 5.23. The Morgan fingerprint density at radius 1 is 1.17 bits per heavy atom. The van der Waals surface area contributed by atoms with Crippen LogP contribution in [-0.2, 0) is 16.0 Å². The van der Waals surface area contributed by atoms with Crippen molar-refractivity contribution in [1.82, 2.24) is 9.80 Å². The largest absolute Gasteiger partial charge is 0.330 e. The smallest absolute Gasteiger partial charge is 0.243 e. The van der Waals surface area contributed by atoms with Gasteiger partial charge in [0.25, 0.3) is 0 Å². The van der Waals surface area contributed by atoms with E-state index in [0.717, 1.165) is 30.4 Å². The zero-order valence-electron chi connectivity index (χ0n) is 17.2. The second kappa shape index (κ2) is 7.56.